The van der Waals surface area contributed by atoms with Crippen LogP contribution in [-0.2, 0) is 6.61 Å². The second-order valence-corrected chi connectivity index (χ2v) is 5.86. The van der Waals surface area contributed by atoms with Crippen molar-refractivity contribution in [3.05, 3.63) is 63.9 Å². The third kappa shape index (κ3) is 3.30. The number of nitrogens with one attached hydrogen (secondary N) is 1. The molecular formula is C17H16BrFN2O. The summed E-state index contributed by atoms with van der Waals surface area (Å²) in [5.74, 6) is 0.758. The van der Waals surface area contributed by atoms with Crippen LogP contribution in [0.2, 0.25) is 0 Å². The van der Waals surface area contributed by atoms with E-state index in [-0.39, 0.29) is 5.82 Å². The average molecular weight is 363 g/mol. The van der Waals surface area contributed by atoms with Gasteiger partial charge in [-0.25, -0.2) is 4.39 Å². The molecule has 0 saturated heterocycles. The number of nitrogens with zero attached hydrogens (tertiary/aromatic N) is 1. The maximum atomic E-state index is 14.2. The zero-order valence-corrected chi connectivity index (χ0v) is 13.6. The van der Waals surface area contributed by atoms with Gasteiger partial charge in [-0.2, -0.15) is 0 Å². The highest BCUT2D eigenvalue weighted by atomic mass is 79.9. The Morgan fingerprint density at radius 3 is 2.82 bits per heavy atom. The summed E-state index contributed by atoms with van der Waals surface area (Å²) < 4.78 is 21.1. The zero-order valence-electron chi connectivity index (χ0n) is 12.0. The predicted molar refractivity (Wildman–Crippen MR) is 88.9 cm³/mol. The van der Waals surface area contributed by atoms with Gasteiger partial charge in [0.05, 0.1) is 5.56 Å². The van der Waals surface area contributed by atoms with Gasteiger partial charge in [0.2, 0.25) is 0 Å². The van der Waals surface area contributed by atoms with Crippen LogP contribution in [0, 0.1) is 5.82 Å². The van der Waals surface area contributed by atoms with E-state index in [2.05, 4.69) is 26.2 Å². The Hall–Kier alpha value is -1.88. The molecule has 0 unspecified atom stereocenters. The van der Waals surface area contributed by atoms with Crippen LogP contribution < -0.4 is 10.1 Å². The van der Waals surface area contributed by atoms with E-state index in [9.17, 15) is 4.39 Å². The molecule has 3 rings (SSSR count). The number of benzene rings is 2. The maximum Gasteiger partial charge on any atom is 0.137 e. The molecule has 0 radical (unpaired) electrons. The van der Waals surface area contributed by atoms with Crippen molar-refractivity contribution in [1.82, 2.24) is 5.32 Å². The van der Waals surface area contributed by atoms with Crippen molar-refractivity contribution in [2.75, 3.05) is 13.1 Å². The normalized spacial score (nSPS) is 14.2. The SMILES string of the molecule is Fc1cccc(OCc2ccccc2Br)c1C1=NCCCN1. The van der Waals surface area contributed by atoms with Crippen LogP contribution in [-0.4, -0.2) is 18.9 Å². The monoisotopic (exact) mass is 362 g/mol. The molecular weight excluding hydrogens is 347 g/mol. The van der Waals surface area contributed by atoms with Crippen LogP contribution in [0.4, 0.5) is 4.39 Å². The van der Waals surface area contributed by atoms with Crippen molar-refractivity contribution >= 4 is 21.8 Å². The molecule has 5 heteroatoms. The molecule has 0 spiro atoms. The highest BCUT2D eigenvalue weighted by Gasteiger charge is 2.17. The Morgan fingerprint density at radius 2 is 2.05 bits per heavy atom. The summed E-state index contributed by atoms with van der Waals surface area (Å²) >= 11 is 3.49. The number of aliphatic imine (C=N–C) groups is 1. The van der Waals surface area contributed by atoms with E-state index in [4.69, 9.17) is 4.74 Å². The van der Waals surface area contributed by atoms with Crippen molar-refractivity contribution < 1.29 is 9.13 Å². The minimum atomic E-state index is -0.322. The largest absolute Gasteiger partial charge is 0.488 e. The fourth-order valence-corrected chi connectivity index (χ4v) is 2.72. The van der Waals surface area contributed by atoms with E-state index in [1.54, 1.807) is 12.1 Å². The Kier molecular flexibility index (Phi) is 4.73. The first-order valence-corrected chi connectivity index (χ1v) is 7.98. The first-order valence-electron chi connectivity index (χ1n) is 7.19. The van der Waals surface area contributed by atoms with Crippen LogP contribution >= 0.6 is 15.9 Å². The van der Waals surface area contributed by atoms with Gasteiger partial charge in [0.15, 0.2) is 0 Å². The van der Waals surface area contributed by atoms with Crippen LogP contribution in [0.3, 0.4) is 0 Å². The lowest BCUT2D eigenvalue weighted by atomic mass is 10.1. The lowest BCUT2D eigenvalue weighted by Gasteiger charge is -2.18. The summed E-state index contributed by atoms with van der Waals surface area (Å²) in [6.45, 7) is 1.88. The van der Waals surface area contributed by atoms with Crippen molar-refractivity contribution in [2.45, 2.75) is 13.0 Å². The fraction of sp³-hybridized carbons (Fsp3) is 0.235. The number of amidine groups is 1. The molecule has 0 aliphatic carbocycles. The Morgan fingerprint density at radius 1 is 1.18 bits per heavy atom. The quantitative estimate of drug-likeness (QED) is 0.894. The highest BCUT2D eigenvalue weighted by Crippen LogP contribution is 2.25. The number of halogens is 2. The molecule has 2 aromatic carbocycles. The van der Waals surface area contributed by atoms with Crippen molar-refractivity contribution in [2.24, 2.45) is 4.99 Å². The minimum absolute atomic E-state index is 0.322. The Bertz CT molecular complexity index is 703. The van der Waals surface area contributed by atoms with E-state index >= 15 is 0 Å². The van der Waals surface area contributed by atoms with Gasteiger partial charge in [-0.3, -0.25) is 4.99 Å². The maximum absolute atomic E-state index is 14.2. The fourth-order valence-electron chi connectivity index (χ4n) is 2.33. The first-order chi connectivity index (χ1) is 10.8. The standard InChI is InChI=1S/C17H16BrFN2O/c18-13-6-2-1-5-12(13)11-22-15-8-3-7-14(19)16(15)17-20-9-4-10-21-17/h1-3,5-8H,4,9-11H2,(H,20,21). The molecule has 0 fully saturated rings. The molecule has 1 aliphatic heterocycles. The van der Waals surface area contributed by atoms with Crippen molar-refractivity contribution in [3.8, 4) is 5.75 Å². The minimum Gasteiger partial charge on any atom is -0.488 e. The summed E-state index contributed by atoms with van der Waals surface area (Å²) in [6, 6.07) is 12.7. The molecule has 0 bridgehead atoms. The molecule has 22 heavy (non-hydrogen) atoms. The summed E-state index contributed by atoms with van der Waals surface area (Å²) in [7, 11) is 0. The molecule has 0 saturated carbocycles. The second-order valence-electron chi connectivity index (χ2n) is 5.00. The summed E-state index contributed by atoms with van der Waals surface area (Å²) in [5, 5.41) is 3.15. The molecule has 2 aromatic rings. The van der Waals surface area contributed by atoms with Gasteiger partial charge in [-0.1, -0.05) is 40.2 Å². The second kappa shape index (κ2) is 6.92. The van der Waals surface area contributed by atoms with Gasteiger partial charge in [-0.15, -0.1) is 0 Å². The highest BCUT2D eigenvalue weighted by molar-refractivity contribution is 9.10. The number of rotatable bonds is 4. The van der Waals surface area contributed by atoms with Gasteiger partial charge in [0, 0.05) is 23.1 Å². The number of ether oxygens (including phenoxy) is 1. The molecule has 1 N–H and O–H groups in total. The van der Waals surface area contributed by atoms with Crippen LogP contribution in [0.1, 0.15) is 17.5 Å². The van der Waals surface area contributed by atoms with E-state index in [0.717, 1.165) is 23.0 Å². The van der Waals surface area contributed by atoms with E-state index in [1.807, 2.05) is 24.3 Å². The van der Waals surface area contributed by atoms with Gasteiger partial charge in [-0.05, 0) is 24.6 Å². The topological polar surface area (TPSA) is 33.6 Å². The molecule has 0 atom stereocenters. The molecule has 1 aliphatic rings. The van der Waals surface area contributed by atoms with Gasteiger partial charge < -0.3 is 10.1 Å². The van der Waals surface area contributed by atoms with Gasteiger partial charge in [0.1, 0.15) is 24.0 Å². The third-order valence-corrected chi connectivity index (χ3v) is 4.22. The summed E-state index contributed by atoms with van der Waals surface area (Å²) in [4.78, 5) is 4.37. The lowest BCUT2D eigenvalue weighted by Crippen LogP contribution is -2.31. The third-order valence-electron chi connectivity index (χ3n) is 3.45. The van der Waals surface area contributed by atoms with Crippen molar-refractivity contribution in [3.63, 3.8) is 0 Å². The lowest BCUT2D eigenvalue weighted by molar-refractivity contribution is 0.303. The van der Waals surface area contributed by atoms with Crippen LogP contribution in [0.25, 0.3) is 0 Å². The molecule has 0 amide bonds. The molecule has 1 heterocycles. The van der Waals surface area contributed by atoms with Crippen molar-refractivity contribution in [1.29, 1.82) is 0 Å². The Labute approximate surface area is 137 Å². The van der Waals surface area contributed by atoms with E-state index < -0.39 is 0 Å². The Balaban J connectivity index is 1.86. The summed E-state index contributed by atoms with van der Waals surface area (Å²) in [5.41, 5.74) is 1.42. The molecule has 3 nitrogen and oxygen atoms in total. The van der Waals surface area contributed by atoms with Gasteiger partial charge >= 0.3 is 0 Å². The van der Waals surface area contributed by atoms with E-state index in [0.29, 0.717) is 30.3 Å². The smallest absolute Gasteiger partial charge is 0.137 e. The molecule has 0 aromatic heterocycles. The average Bonchev–Trinajstić information content (AvgIpc) is 2.55. The predicted octanol–water partition coefficient (Wildman–Crippen LogP) is 3.91. The van der Waals surface area contributed by atoms with Crippen LogP contribution in [0.5, 0.6) is 5.75 Å². The number of hydrogen-bond acceptors (Lipinski definition) is 3. The van der Waals surface area contributed by atoms with Crippen LogP contribution in [0.15, 0.2) is 51.9 Å². The van der Waals surface area contributed by atoms with E-state index in [1.165, 1.54) is 6.07 Å². The molecule has 114 valence electrons. The zero-order chi connectivity index (χ0) is 15.4. The number of hydrogen-bond donors (Lipinski definition) is 1. The first kappa shape index (κ1) is 15.0. The summed E-state index contributed by atoms with van der Waals surface area (Å²) in [6.07, 6.45) is 0.963. The van der Waals surface area contributed by atoms with Gasteiger partial charge in [0.25, 0.3) is 0 Å².